The van der Waals surface area contributed by atoms with Crippen LogP contribution in [0.2, 0.25) is 10.0 Å². The average Bonchev–Trinajstić information content (AvgIpc) is 2.86. The number of nitrogens with one attached hydrogen (secondary N) is 1. The van der Waals surface area contributed by atoms with Crippen molar-refractivity contribution in [1.82, 2.24) is 5.32 Å². The van der Waals surface area contributed by atoms with Crippen LogP contribution in [0, 0.1) is 23.7 Å². The quantitative estimate of drug-likeness (QED) is 0.705. The molecule has 4 fully saturated rings. The molecule has 0 unspecified atom stereocenters. The lowest BCUT2D eigenvalue weighted by Gasteiger charge is -2.54. The molecule has 0 aliphatic heterocycles. The molecule has 4 saturated carbocycles. The Morgan fingerprint density at radius 3 is 2.38 bits per heavy atom. The molecule has 1 aromatic carbocycles. The van der Waals surface area contributed by atoms with E-state index in [0.717, 1.165) is 21.9 Å². The van der Waals surface area contributed by atoms with E-state index in [1.54, 1.807) is 0 Å². The lowest BCUT2D eigenvalue weighted by atomic mass is 9.54. The van der Waals surface area contributed by atoms with E-state index in [1.165, 1.54) is 43.4 Å². The molecule has 5 heteroatoms. The van der Waals surface area contributed by atoms with Gasteiger partial charge in [0.05, 0.1) is 5.02 Å². The summed E-state index contributed by atoms with van der Waals surface area (Å²) in [5.74, 6) is 3.17. The largest absolute Gasteiger partial charge is 0.348 e. The summed E-state index contributed by atoms with van der Waals surface area (Å²) >= 11 is 14.0. The van der Waals surface area contributed by atoms with E-state index in [1.807, 2.05) is 18.2 Å². The smallest absolute Gasteiger partial charge is 0.263 e. The maximum Gasteiger partial charge on any atom is 0.263 e. The number of amides is 1. The summed E-state index contributed by atoms with van der Waals surface area (Å²) in [6.45, 7) is 0. The van der Waals surface area contributed by atoms with E-state index in [0.29, 0.717) is 32.8 Å². The van der Waals surface area contributed by atoms with Gasteiger partial charge in [0.2, 0.25) is 0 Å². The van der Waals surface area contributed by atoms with E-state index in [4.69, 9.17) is 23.2 Å². The highest BCUT2D eigenvalue weighted by molar-refractivity contribution is 7.21. The minimum atomic E-state index is -0.00482. The molecule has 24 heavy (non-hydrogen) atoms. The fourth-order valence-corrected chi connectivity index (χ4v) is 7.26. The van der Waals surface area contributed by atoms with Crippen molar-refractivity contribution in [2.24, 2.45) is 23.7 Å². The third-order valence-electron chi connectivity index (χ3n) is 6.32. The number of hydrogen-bond donors (Lipinski definition) is 1. The zero-order chi connectivity index (χ0) is 16.4. The van der Waals surface area contributed by atoms with Crippen molar-refractivity contribution in [2.75, 3.05) is 0 Å². The summed E-state index contributed by atoms with van der Waals surface area (Å²) in [5.41, 5.74) is 0. The van der Waals surface area contributed by atoms with Gasteiger partial charge in [-0.05, 0) is 67.9 Å². The molecule has 1 aromatic heterocycles. The molecule has 0 radical (unpaired) electrons. The second-order valence-electron chi connectivity index (χ2n) is 7.82. The van der Waals surface area contributed by atoms with Crippen LogP contribution in [-0.4, -0.2) is 11.9 Å². The van der Waals surface area contributed by atoms with Gasteiger partial charge in [-0.25, -0.2) is 0 Å². The first kappa shape index (κ1) is 15.5. The van der Waals surface area contributed by atoms with Crippen molar-refractivity contribution in [3.63, 3.8) is 0 Å². The minimum Gasteiger partial charge on any atom is -0.348 e. The first-order valence-electron chi connectivity index (χ1n) is 8.77. The number of carbonyl (C=O) groups excluding carboxylic acids is 1. The van der Waals surface area contributed by atoms with Crippen LogP contribution in [-0.2, 0) is 0 Å². The van der Waals surface area contributed by atoms with E-state index in [9.17, 15) is 4.79 Å². The Balaban J connectivity index is 1.42. The second kappa shape index (κ2) is 5.62. The predicted octanol–water partition coefficient (Wildman–Crippen LogP) is 5.76. The van der Waals surface area contributed by atoms with Gasteiger partial charge >= 0.3 is 0 Å². The van der Waals surface area contributed by atoms with Gasteiger partial charge in [0, 0.05) is 21.2 Å². The van der Waals surface area contributed by atoms with Crippen LogP contribution in [0.5, 0.6) is 0 Å². The third-order valence-corrected chi connectivity index (χ3v) is 8.21. The van der Waals surface area contributed by atoms with Crippen molar-refractivity contribution < 1.29 is 4.79 Å². The summed E-state index contributed by atoms with van der Waals surface area (Å²) in [6.07, 6.45) is 6.62. The number of halogens is 2. The Kier molecular flexibility index (Phi) is 3.62. The molecule has 1 N–H and O–H groups in total. The van der Waals surface area contributed by atoms with Crippen LogP contribution in [0.4, 0.5) is 0 Å². The van der Waals surface area contributed by atoms with Crippen molar-refractivity contribution in [1.29, 1.82) is 0 Å². The molecule has 2 nitrogen and oxygen atoms in total. The Hall–Kier alpha value is -0.770. The Morgan fingerprint density at radius 1 is 1.04 bits per heavy atom. The van der Waals surface area contributed by atoms with E-state index < -0.39 is 0 Å². The Labute approximate surface area is 155 Å². The Bertz CT molecular complexity index is 802. The monoisotopic (exact) mass is 379 g/mol. The van der Waals surface area contributed by atoms with Crippen LogP contribution in [0.25, 0.3) is 10.1 Å². The fraction of sp³-hybridized carbons (Fsp3) is 0.526. The summed E-state index contributed by atoms with van der Waals surface area (Å²) in [7, 11) is 0. The molecule has 0 atom stereocenters. The zero-order valence-electron chi connectivity index (χ0n) is 13.2. The lowest BCUT2D eigenvalue weighted by molar-refractivity contribution is -0.0119. The molecule has 4 aliphatic rings. The predicted molar refractivity (Wildman–Crippen MR) is 100 cm³/mol. The first-order valence-corrected chi connectivity index (χ1v) is 10.3. The number of rotatable bonds is 2. The van der Waals surface area contributed by atoms with E-state index in [2.05, 4.69) is 5.32 Å². The van der Waals surface area contributed by atoms with Crippen molar-refractivity contribution >= 4 is 50.5 Å². The van der Waals surface area contributed by atoms with Gasteiger partial charge in [0.15, 0.2) is 0 Å². The number of benzene rings is 1. The molecule has 1 heterocycles. The molecule has 2 aromatic rings. The topological polar surface area (TPSA) is 29.1 Å². The molecule has 4 aliphatic carbocycles. The second-order valence-corrected chi connectivity index (χ2v) is 9.68. The summed E-state index contributed by atoms with van der Waals surface area (Å²) in [6, 6.07) is 5.95. The number of hydrogen-bond acceptors (Lipinski definition) is 2. The highest BCUT2D eigenvalue weighted by Gasteiger charge is 2.48. The highest BCUT2D eigenvalue weighted by Crippen LogP contribution is 2.53. The zero-order valence-corrected chi connectivity index (χ0v) is 15.6. The van der Waals surface area contributed by atoms with Gasteiger partial charge in [-0.3, -0.25) is 4.79 Å². The maximum absolute atomic E-state index is 12.9. The van der Waals surface area contributed by atoms with Crippen molar-refractivity contribution in [3.8, 4) is 0 Å². The number of fused-ring (bicyclic) bond motifs is 1. The van der Waals surface area contributed by atoms with Crippen molar-refractivity contribution in [2.45, 2.75) is 38.1 Å². The Morgan fingerprint density at radius 2 is 1.71 bits per heavy atom. The summed E-state index contributed by atoms with van der Waals surface area (Å²) in [4.78, 5) is 13.5. The van der Waals surface area contributed by atoms with Gasteiger partial charge in [0.1, 0.15) is 4.88 Å². The molecule has 1 amide bonds. The highest BCUT2D eigenvalue weighted by atomic mass is 35.5. The molecule has 0 spiro atoms. The SMILES string of the molecule is O=C(NC1C2CC3CC(C2)CC1C3)c1sc2cc(Cl)ccc2c1Cl. The van der Waals surface area contributed by atoms with E-state index >= 15 is 0 Å². The summed E-state index contributed by atoms with van der Waals surface area (Å²) in [5, 5.41) is 5.50. The van der Waals surface area contributed by atoms with Gasteiger partial charge in [-0.2, -0.15) is 0 Å². The average molecular weight is 380 g/mol. The first-order chi connectivity index (χ1) is 11.6. The molecule has 4 bridgehead atoms. The molecule has 6 rings (SSSR count). The maximum atomic E-state index is 12.9. The van der Waals surface area contributed by atoms with Crippen LogP contribution in [0.15, 0.2) is 18.2 Å². The fourth-order valence-electron chi connectivity index (χ4n) is 5.56. The van der Waals surface area contributed by atoms with Crippen LogP contribution in [0.1, 0.15) is 41.8 Å². The minimum absolute atomic E-state index is 0.00482. The van der Waals surface area contributed by atoms with Crippen LogP contribution in [0.3, 0.4) is 0 Å². The van der Waals surface area contributed by atoms with Gasteiger partial charge < -0.3 is 5.32 Å². The number of thiophene rings is 1. The van der Waals surface area contributed by atoms with Gasteiger partial charge in [0.25, 0.3) is 5.91 Å². The molecular formula is C19H19Cl2NOS. The molecule has 0 saturated heterocycles. The van der Waals surface area contributed by atoms with E-state index in [-0.39, 0.29) is 5.91 Å². The van der Waals surface area contributed by atoms with Crippen LogP contribution < -0.4 is 5.32 Å². The van der Waals surface area contributed by atoms with Crippen molar-refractivity contribution in [3.05, 3.63) is 33.1 Å². The molecule has 126 valence electrons. The van der Waals surface area contributed by atoms with Gasteiger partial charge in [-0.15, -0.1) is 11.3 Å². The van der Waals surface area contributed by atoms with Crippen LogP contribution >= 0.6 is 34.5 Å². The normalized spacial score (nSPS) is 34.0. The number of carbonyl (C=O) groups is 1. The standard InChI is InChI=1S/C19H19Cl2NOS/c20-13-1-2-14-15(8-13)24-18(16(14)21)19(23)22-17-11-4-9-3-10(6-11)7-12(17)5-9/h1-2,8-12,17H,3-7H2,(H,22,23). The lowest BCUT2D eigenvalue weighted by Crippen LogP contribution is -2.55. The van der Waals surface area contributed by atoms with Gasteiger partial charge in [-0.1, -0.05) is 29.3 Å². The third kappa shape index (κ3) is 2.40. The molecular weight excluding hydrogens is 361 g/mol. The summed E-state index contributed by atoms with van der Waals surface area (Å²) < 4.78 is 0.975.